The molecule has 1 saturated heterocycles. The summed E-state index contributed by atoms with van der Waals surface area (Å²) in [5.41, 5.74) is 0.482. The lowest BCUT2D eigenvalue weighted by atomic mass is 9.82. The first-order valence-electron chi connectivity index (χ1n) is 6.49. The number of hydrogen-bond donors (Lipinski definition) is 1. The Morgan fingerprint density at radius 3 is 2.60 bits per heavy atom. The lowest BCUT2D eigenvalue weighted by molar-refractivity contribution is 0.0229. The average Bonchev–Trinajstić information content (AvgIpc) is 3.00. The van der Waals surface area contributed by atoms with Crippen LogP contribution in [0.15, 0.2) is 0 Å². The van der Waals surface area contributed by atoms with Gasteiger partial charge in [0.1, 0.15) is 0 Å². The molecule has 1 aliphatic carbocycles. The third-order valence-corrected chi connectivity index (χ3v) is 3.96. The predicted molar refractivity (Wildman–Crippen MR) is 63.0 cm³/mol. The van der Waals surface area contributed by atoms with Crippen LogP contribution in [-0.2, 0) is 4.74 Å². The molecule has 2 heteroatoms. The van der Waals surface area contributed by atoms with E-state index in [2.05, 4.69) is 19.2 Å². The highest BCUT2D eigenvalue weighted by molar-refractivity contribution is 4.83. The van der Waals surface area contributed by atoms with E-state index in [4.69, 9.17) is 4.74 Å². The molecule has 15 heavy (non-hydrogen) atoms. The van der Waals surface area contributed by atoms with Gasteiger partial charge in [0, 0.05) is 25.8 Å². The molecule has 1 heterocycles. The van der Waals surface area contributed by atoms with E-state index in [-0.39, 0.29) is 0 Å². The summed E-state index contributed by atoms with van der Waals surface area (Å²) in [4.78, 5) is 0. The van der Waals surface area contributed by atoms with E-state index in [1.807, 2.05) is 0 Å². The van der Waals surface area contributed by atoms with Gasteiger partial charge in [-0.15, -0.1) is 0 Å². The van der Waals surface area contributed by atoms with E-state index >= 15 is 0 Å². The molecular weight excluding hydrogens is 186 g/mol. The highest BCUT2D eigenvalue weighted by atomic mass is 16.5. The van der Waals surface area contributed by atoms with Gasteiger partial charge in [0.15, 0.2) is 0 Å². The van der Waals surface area contributed by atoms with Crippen molar-refractivity contribution in [2.75, 3.05) is 19.8 Å². The van der Waals surface area contributed by atoms with Crippen LogP contribution in [0, 0.1) is 11.3 Å². The minimum Gasteiger partial charge on any atom is -0.381 e. The molecule has 1 unspecified atom stereocenters. The van der Waals surface area contributed by atoms with Gasteiger partial charge in [0.05, 0.1) is 0 Å². The van der Waals surface area contributed by atoms with Crippen molar-refractivity contribution in [2.24, 2.45) is 11.3 Å². The highest BCUT2D eigenvalue weighted by Gasteiger charge is 2.28. The second kappa shape index (κ2) is 4.84. The fraction of sp³-hybridized carbons (Fsp3) is 1.00. The molecule has 2 nitrogen and oxygen atoms in total. The minimum absolute atomic E-state index is 0.482. The quantitative estimate of drug-likeness (QED) is 0.754. The van der Waals surface area contributed by atoms with Gasteiger partial charge in [-0.25, -0.2) is 0 Å². The molecule has 0 aromatic carbocycles. The molecule has 88 valence electrons. The van der Waals surface area contributed by atoms with Crippen molar-refractivity contribution in [3.05, 3.63) is 0 Å². The normalized spacial score (nSPS) is 27.6. The van der Waals surface area contributed by atoms with Gasteiger partial charge in [0.25, 0.3) is 0 Å². The summed E-state index contributed by atoms with van der Waals surface area (Å²) in [5.74, 6) is 1.04. The van der Waals surface area contributed by atoms with Crippen LogP contribution in [0.1, 0.15) is 46.0 Å². The topological polar surface area (TPSA) is 21.3 Å². The summed E-state index contributed by atoms with van der Waals surface area (Å²) in [6.07, 6.45) is 6.76. The molecule has 2 fully saturated rings. The van der Waals surface area contributed by atoms with Crippen LogP contribution in [0.4, 0.5) is 0 Å². The van der Waals surface area contributed by atoms with Crippen molar-refractivity contribution >= 4 is 0 Å². The van der Waals surface area contributed by atoms with Gasteiger partial charge in [-0.1, -0.05) is 19.8 Å². The van der Waals surface area contributed by atoms with Gasteiger partial charge < -0.3 is 10.1 Å². The second-order valence-corrected chi connectivity index (χ2v) is 5.88. The largest absolute Gasteiger partial charge is 0.381 e. The molecular formula is C13H25NO. The van der Waals surface area contributed by atoms with Crippen molar-refractivity contribution in [1.29, 1.82) is 0 Å². The molecule has 1 N–H and O–H groups in total. The fourth-order valence-corrected chi connectivity index (χ4v) is 2.40. The summed E-state index contributed by atoms with van der Waals surface area (Å²) in [5, 5.41) is 3.71. The van der Waals surface area contributed by atoms with E-state index in [1.165, 1.54) is 38.6 Å². The van der Waals surface area contributed by atoms with E-state index in [9.17, 15) is 0 Å². The van der Waals surface area contributed by atoms with Crippen molar-refractivity contribution < 1.29 is 4.74 Å². The first kappa shape index (κ1) is 11.4. The van der Waals surface area contributed by atoms with Crippen LogP contribution in [0.25, 0.3) is 0 Å². The Bertz CT molecular complexity index is 195. The number of rotatable bonds is 5. The van der Waals surface area contributed by atoms with E-state index in [0.29, 0.717) is 11.5 Å². The van der Waals surface area contributed by atoms with Crippen LogP contribution >= 0.6 is 0 Å². The summed E-state index contributed by atoms with van der Waals surface area (Å²) in [6, 6.07) is 0.706. The summed E-state index contributed by atoms with van der Waals surface area (Å²) in [7, 11) is 0. The second-order valence-electron chi connectivity index (χ2n) is 5.88. The Kier molecular flexibility index (Phi) is 3.68. The smallest absolute Gasteiger partial charge is 0.0471 e. The first-order chi connectivity index (χ1) is 7.18. The Morgan fingerprint density at radius 1 is 1.33 bits per heavy atom. The minimum atomic E-state index is 0.482. The first-order valence-corrected chi connectivity index (χ1v) is 6.49. The lowest BCUT2D eigenvalue weighted by Gasteiger charge is -2.34. The third kappa shape index (κ3) is 3.76. The fourth-order valence-electron chi connectivity index (χ4n) is 2.40. The zero-order chi connectivity index (χ0) is 10.7. The lowest BCUT2D eigenvalue weighted by Crippen LogP contribution is -2.40. The van der Waals surface area contributed by atoms with Crippen LogP contribution in [0.3, 0.4) is 0 Å². The molecule has 0 aromatic heterocycles. The number of nitrogens with one attached hydrogen (secondary N) is 1. The molecule has 0 amide bonds. The van der Waals surface area contributed by atoms with Crippen LogP contribution in [0.5, 0.6) is 0 Å². The number of ether oxygens (including phenoxy) is 1. The SMILES string of the molecule is CC(CC1CC1)NCC1(C)CCOCC1. The third-order valence-electron chi connectivity index (χ3n) is 3.96. The molecule has 1 saturated carbocycles. The maximum atomic E-state index is 5.42. The maximum Gasteiger partial charge on any atom is 0.0471 e. The molecule has 2 aliphatic rings. The average molecular weight is 211 g/mol. The Hall–Kier alpha value is -0.0800. The van der Waals surface area contributed by atoms with Gasteiger partial charge in [0.2, 0.25) is 0 Å². The summed E-state index contributed by atoms with van der Waals surface area (Å²) in [6.45, 7) is 7.81. The van der Waals surface area contributed by atoms with Crippen LogP contribution < -0.4 is 5.32 Å². The molecule has 2 rings (SSSR count). The van der Waals surface area contributed by atoms with Crippen molar-refractivity contribution in [3.8, 4) is 0 Å². The Labute approximate surface area is 93.8 Å². The van der Waals surface area contributed by atoms with Crippen molar-refractivity contribution in [3.63, 3.8) is 0 Å². The van der Waals surface area contributed by atoms with E-state index < -0.39 is 0 Å². The highest BCUT2D eigenvalue weighted by Crippen LogP contribution is 2.34. The zero-order valence-electron chi connectivity index (χ0n) is 10.2. The van der Waals surface area contributed by atoms with E-state index in [0.717, 1.165) is 19.1 Å². The summed E-state index contributed by atoms with van der Waals surface area (Å²) < 4.78 is 5.42. The van der Waals surface area contributed by atoms with E-state index in [1.54, 1.807) is 0 Å². The van der Waals surface area contributed by atoms with Gasteiger partial charge in [-0.2, -0.15) is 0 Å². The molecule has 0 bridgehead atoms. The molecule has 1 aliphatic heterocycles. The van der Waals surface area contributed by atoms with Crippen LogP contribution in [0.2, 0.25) is 0 Å². The molecule has 0 radical (unpaired) electrons. The van der Waals surface area contributed by atoms with Crippen molar-refractivity contribution in [1.82, 2.24) is 5.32 Å². The van der Waals surface area contributed by atoms with Gasteiger partial charge in [-0.3, -0.25) is 0 Å². The monoisotopic (exact) mass is 211 g/mol. The van der Waals surface area contributed by atoms with Gasteiger partial charge >= 0.3 is 0 Å². The Morgan fingerprint density at radius 2 is 2.00 bits per heavy atom. The molecule has 1 atom stereocenters. The summed E-state index contributed by atoms with van der Waals surface area (Å²) >= 11 is 0. The predicted octanol–water partition coefficient (Wildman–Crippen LogP) is 2.58. The zero-order valence-corrected chi connectivity index (χ0v) is 10.2. The standard InChI is InChI=1S/C13H25NO/c1-11(9-12-3-4-12)14-10-13(2)5-7-15-8-6-13/h11-12,14H,3-10H2,1-2H3. The van der Waals surface area contributed by atoms with Gasteiger partial charge in [-0.05, 0) is 37.5 Å². The molecule has 0 spiro atoms. The van der Waals surface area contributed by atoms with Crippen LogP contribution in [-0.4, -0.2) is 25.8 Å². The Balaban J connectivity index is 1.65. The number of hydrogen-bond acceptors (Lipinski definition) is 2. The molecule has 0 aromatic rings. The maximum absolute atomic E-state index is 5.42. The van der Waals surface area contributed by atoms with Crippen molar-refractivity contribution in [2.45, 2.75) is 52.0 Å².